The van der Waals surface area contributed by atoms with E-state index in [2.05, 4.69) is 15.7 Å². The van der Waals surface area contributed by atoms with Gasteiger partial charge in [0.15, 0.2) is 6.21 Å². The summed E-state index contributed by atoms with van der Waals surface area (Å²) in [6.07, 6.45) is 4.83. The lowest BCUT2D eigenvalue weighted by Crippen LogP contribution is -2.36. The molecule has 0 aromatic rings. The Labute approximate surface area is 136 Å². The lowest BCUT2D eigenvalue weighted by atomic mass is 10.1. The molecule has 0 aromatic heterocycles. The van der Waals surface area contributed by atoms with Crippen molar-refractivity contribution in [3.63, 3.8) is 0 Å². The average Bonchev–Trinajstić information content (AvgIpc) is 2.92. The summed E-state index contributed by atoms with van der Waals surface area (Å²) in [5, 5.41) is 10.5. The predicted octanol–water partition coefficient (Wildman–Crippen LogP) is 1.26. The zero-order valence-electron chi connectivity index (χ0n) is 13.7. The minimum atomic E-state index is -0.595. The van der Waals surface area contributed by atoms with E-state index in [-0.39, 0.29) is 10.2 Å². The van der Waals surface area contributed by atoms with Crippen molar-refractivity contribution in [3.05, 3.63) is 6.04 Å². The molecule has 1 aliphatic rings. The fourth-order valence-corrected chi connectivity index (χ4v) is 1.70. The van der Waals surface area contributed by atoms with Gasteiger partial charge in [-0.2, -0.15) is 0 Å². The Morgan fingerprint density at radius 1 is 1.41 bits per heavy atom. The van der Waals surface area contributed by atoms with Crippen molar-refractivity contribution >= 4 is 18.0 Å². The maximum atomic E-state index is 11.6. The third kappa shape index (κ3) is 9.17. The highest BCUT2D eigenvalue weighted by Gasteiger charge is 2.22. The number of amides is 2. The molecule has 0 bridgehead atoms. The van der Waals surface area contributed by atoms with Crippen LogP contribution >= 0.6 is 0 Å². The summed E-state index contributed by atoms with van der Waals surface area (Å²) in [6.45, 7) is 4.57. The number of carbonyl (C=O) groups excluding carboxylic acids is 2. The van der Waals surface area contributed by atoms with Gasteiger partial charge in [-0.15, -0.1) is 4.68 Å². The lowest BCUT2D eigenvalue weighted by molar-refractivity contribution is -0.500. The number of hydrogen-bond acceptors (Lipinski definition) is 5. The van der Waals surface area contributed by atoms with Gasteiger partial charge in [-0.3, -0.25) is 9.59 Å². The Morgan fingerprint density at radius 2 is 2.09 bits per heavy atom. The molecule has 0 saturated heterocycles. The lowest BCUT2D eigenvalue weighted by Gasteiger charge is -2.07. The van der Waals surface area contributed by atoms with E-state index in [9.17, 15) is 9.59 Å². The SMILES string of the molecule is CC.C[N+]1=C[C](CCC(=O)NCCCC[C@H](N)C(N)=O)N=N1.[HH].[HH].[HH]. The van der Waals surface area contributed by atoms with E-state index in [1.54, 1.807) is 17.9 Å². The van der Waals surface area contributed by atoms with Crippen molar-refractivity contribution in [1.82, 2.24) is 5.32 Å². The number of unbranched alkanes of at least 4 members (excludes halogenated alkanes) is 1. The van der Waals surface area contributed by atoms with E-state index in [0.29, 0.717) is 25.8 Å². The first kappa shape index (κ1) is 20.2. The normalized spacial score (nSPS) is 14.8. The molecule has 0 saturated carbocycles. The van der Waals surface area contributed by atoms with Crippen LogP contribution in [-0.2, 0) is 9.59 Å². The summed E-state index contributed by atoms with van der Waals surface area (Å²) >= 11 is 0. The first-order valence-electron chi connectivity index (χ1n) is 7.66. The molecule has 1 heterocycles. The standard InChI is InChI=1S/C12H21N6O2.C2H6.3H2/c1-18-8-9(16-17-18)5-6-11(19)15-7-3-2-4-10(13)12(14)20;1-2;;;/h8,10H,2-7,13H2,1H3,(H2-,14,15,19,20);1-2H3;3*1H/p+1/t10-;;;;/m0..../s1. The van der Waals surface area contributed by atoms with Crippen LogP contribution in [0.5, 0.6) is 0 Å². The summed E-state index contributed by atoms with van der Waals surface area (Å²) in [4.78, 5) is 22.3. The molecule has 2 amide bonds. The number of nitrogens with one attached hydrogen (secondary N) is 1. The second-order valence-electron chi connectivity index (χ2n) is 4.74. The molecule has 0 fully saturated rings. The molecule has 0 spiro atoms. The fourth-order valence-electron chi connectivity index (χ4n) is 1.70. The number of primary amides is 1. The van der Waals surface area contributed by atoms with Crippen LogP contribution in [-0.4, -0.2) is 42.3 Å². The third-order valence-corrected chi connectivity index (χ3v) is 2.89. The zero-order valence-corrected chi connectivity index (χ0v) is 13.7. The molecule has 0 aromatic carbocycles. The molecule has 1 atom stereocenters. The van der Waals surface area contributed by atoms with E-state index in [1.807, 2.05) is 13.8 Å². The first-order valence-corrected chi connectivity index (χ1v) is 7.66. The van der Waals surface area contributed by atoms with Gasteiger partial charge in [0.1, 0.15) is 12.3 Å². The van der Waals surface area contributed by atoms with Crippen LogP contribution < -0.4 is 16.8 Å². The molecular weight excluding hydrogens is 284 g/mol. The summed E-state index contributed by atoms with van der Waals surface area (Å²) in [7, 11) is 1.79. The van der Waals surface area contributed by atoms with E-state index in [0.717, 1.165) is 18.9 Å². The van der Waals surface area contributed by atoms with E-state index in [4.69, 9.17) is 11.5 Å². The second kappa shape index (κ2) is 11.8. The maximum absolute atomic E-state index is 11.6. The Balaban J connectivity index is -0.000000425. The summed E-state index contributed by atoms with van der Waals surface area (Å²) in [5.41, 5.74) is 10.5. The van der Waals surface area contributed by atoms with Gasteiger partial charge in [-0.1, -0.05) is 13.8 Å². The van der Waals surface area contributed by atoms with Gasteiger partial charge >= 0.3 is 0 Å². The number of nitrogens with zero attached hydrogens (tertiary/aromatic N) is 3. The molecule has 8 heteroatoms. The van der Waals surface area contributed by atoms with Crippen molar-refractivity contribution in [2.45, 2.75) is 52.0 Å². The number of rotatable bonds is 9. The van der Waals surface area contributed by atoms with Crippen molar-refractivity contribution in [2.75, 3.05) is 13.6 Å². The maximum Gasteiger partial charge on any atom is 0.288 e. The van der Waals surface area contributed by atoms with Crippen molar-refractivity contribution in [2.24, 2.45) is 21.8 Å². The van der Waals surface area contributed by atoms with Crippen LogP contribution in [0.2, 0.25) is 0 Å². The Morgan fingerprint density at radius 3 is 2.64 bits per heavy atom. The van der Waals surface area contributed by atoms with Gasteiger partial charge in [-0.25, -0.2) is 0 Å². The number of carbonyl (C=O) groups is 2. The number of nitrogens with two attached hydrogens (primary N) is 2. The highest BCUT2D eigenvalue weighted by Crippen LogP contribution is 2.12. The van der Waals surface area contributed by atoms with Crippen LogP contribution in [0.4, 0.5) is 0 Å². The Hall–Kier alpha value is -1.83. The Bertz CT molecular complexity index is 421. The minimum absolute atomic E-state index is 0. The van der Waals surface area contributed by atoms with E-state index >= 15 is 0 Å². The van der Waals surface area contributed by atoms with Crippen LogP contribution in [0.1, 0.15) is 50.2 Å². The summed E-state index contributed by atoms with van der Waals surface area (Å²) in [5.74, 6) is -0.507. The fraction of sp³-hybridized carbons (Fsp3) is 0.714. The minimum Gasteiger partial charge on any atom is -0.368 e. The van der Waals surface area contributed by atoms with Crippen molar-refractivity contribution in [3.8, 4) is 0 Å². The number of hydrogen-bond donors (Lipinski definition) is 3. The van der Waals surface area contributed by atoms with Gasteiger partial charge < -0.3 is 16.8 Å². The Kier molecular flexibility index (Phi) is 10.8. The van der Waals surface area contributed by atoms with Gasteiger partial charge in [0.2, 0.25) is 11.8 Å². The first-order chi connectivity index (χ1) is 10.5. The zero-order chi connectivity index (χ0) is 17.0. The van der Waals surface area contributed by atoms with Gasteiger partial charge in [0.25, 0.3) is 6.04 Å². The molecule has 0 aliphatic carbocycles. The molecular formula is C14H34N6O2+. The second-order valence-corrected chi connectivity index (χ2v) is 4.74. The molecule has 8 nitrogen and oxygen atoms in total. The third-order valence-electron chi connectivity index (χ3n) is 2.89. The van der Waals surface area contributed by atoms with Gasteiger partial charge in [-0.05, 0) is 19.3 Å². The molecule has 0 unspecified atom stereocenters. The predicted molar refractivity (Wildman–Crippen MR) is 91.3 cm³/mol. The molecule has 1 aliphatic heterocycles. The van der Waals surface area contributed by atoms with Crippen LogP contribution in [0.15, 0.2) is 10.3 Å². The van der Waals surface area contributed by atoms with Crippen molar-refractivity contribution < 1.29 is 18.6 Å². The summed E-state index contributed by atoms with van der Waals surface area (Å²) in [6, 6.07) is 0.206. The molecule has 131 valence electrons. The smallest absolute Gasteiger partial charge is 0.288 e. The topological polar surface area (TPSA) is 126 Å². The highest BCUT2D eigenvalue weighted by atomic mass is 16.2. The van der Waals surface area contributed by atoms with Crippen LogP contribution in [0.3, 0.4) is 0 Å². The van der Waals surface area contributed by atoms with E-state index < -0.39 is 11.9 Å². The molecule has 1 rings (SSSR count). The van der Waals surface area contributed by atoms with Gasteiger partial charge in [0, 0.05) is 23.7 Å². The monoisotopic (exact) mass is 318 g/mol. The van der Waals surface area contributed by atoms with E-state index in [1.165, 1.54) is 0 Å². The van der Waals surface area contributed by atoms with Crippen LogP contribution in [0, 0.1) is 6.04 Å². The molecule has 5 N–H and O–H groups in total. The quantitative estimate of drug-likeness (QED) is 0.437. The average molecular weight is 318 g/mol. The van der Waals surface area contributed by atoms with Gasteiger partial charge in [0.05, 0.1) is 11.2 Å². The summed E-state index contributed by atoms with van der Waals surface area (Å²) < 4.78 is 1.61. The largest absolute Gasteiger partial charge is 0.368 e. The molecule has 22 heavy (non-hydrogen) atoms. The van der Waals surface area contributed by atoms with Crippen LogP contribution in [0.25, 0.3) is 0 Å². The molecule has 1 radical (unpaired) electrons. The highest BCUT2D eigenvalue weighted by molar-refractivity contribution is 5.79. The van der Waals surface area contributed by atoms with Crippen molar-refractivity contribution in [1.29, 1.82) is 0 Å².